The van der Waals surface area contributed by atoms with Crippen LogP contribution in [0.3, 0.4) is 0 Å². The van der Waals surface area contributed by atoms with E-state index in [4.69, 9.17) is 4.74 Å². The van der Waals surface area contributed by atoms with Crippen LogP contribution in [0.5, 0.6) is 0 Å². The van der Waals surface area contributed by atoms with E-state index in [0.29, 0.717) is 19.5 Å². The highest BCUT2D eigenvalue weighted by Gasteiger charge is 2.15. The molecule has 4 nitrogen and oxygen atoms in total. The topological polar surface area (TPSA) is 41.6 Å². The monoisotopic (exact) mass is 326 g/mol. The highest BCUT2D eigenvalue weighted by molar-refractivity contribution is 5.93. The molecule has 0 saturated carbocycles. The summed E-state index contributed by atoms with van der Waals surface area (Å²) in [6.45, 7) is 2.88. The summed E-state index contributed by atoms with van der Waals surface area (Å²) in [4.78, 5) is 14.6. The molecule has 2 aromatic carbocycles. The van der Waals surface area contributed by atoms with Crippen molar-refractivity contribution in [1.29, 1.82) is 0 Å². The summed E-state index contributed by atoms with van der Waals surface area (Å²) in [6, 6.07) is 19.9. The molecule has 0 aromatic heterocycles. The third kappa shape index (κ3) is 6.14. The molecule has 2 aromatic rings. The fraction of sp³-hybridized carbons (Fsp3) is 0.350. The van der Waals surface area contributed by atoms with Crippen LogP contribution in [0.4, 0.5) is 5.69 Å². The number of anilines is 1. The minimum absolute atomic E-state index is 0.129. The molecule has 0 heterocycles. The summed E-state index contributed by atoms with van der Waals surface area (Å²) in [5, 5.41) is 3.29. The molecule has 0 unspecified atom stereocenters. The third-order valence-electron chi connectivity index (χ3n) is 3.77. The number of amides is 1. The minimum Gasteiger partial charge on any atom is -0.385 e. The molecular weight excluding hydrogens is 300 g/mol. The van der Waals surface area contributed by atoms with Crippen molar-refractivity contribution in [3.05, 3.63) is 66.2 Å². The molecule has 0 saturated heterocycles. The second-order valence-electron chi connectivity index (χ2n) is 5.65. The van der Waals surface area contributed by atoms with Crippen molar-refractivity contribution in [3.8, 4) is 0 Å². The number of carbonyl (C=O) groups excluding carboxylic acids is 1. The fourth-order valence-corrected chi connectivity index (χ4v) is 2.49. The average molecular weight is 326 g/mol. The molecule has 0 aliphatic carbocycles. The van der Waals surface area contributed by atoms with E-state index in [1.165, 1.54) is 0 Å². The van der Waals surface area contributed by atoms with E-state index >= 15 is 0 Å². The van der Waals surface area contributed by atoms with Crippen LogP contribution in [0.25, 0.3) is 0 Å². The first-order valence-corrected chi connectivity index (χ1v) is 8.40. The van der Waals surface area contributed by atoms with Crippen LogP contribution in [0.15, 0.2) is 60.7 Å². The Morgan fingerprint density at radius 3 is 2.33 bits per heavy atom. The molecule has 0 aliphatic heterocycles. The average Bonchev–Trinajstić information content (AvgIpc) is 2.64. The first-order valence-electron chi connectivity index (χ1n) is 8.40. The summed E-state index contributed by atoms with van der Waals surface area (Å²) >= 11 is 0. The zero-order valence-electron chi connectivity index (χ0n) is 14.3. The van der Waals surface area contributed by atoms with Gasteiger partial charge in [0, 0.05) is 32.4 Å². The van der Waals surface area contributed by atoms with Crippen LogP contribution in [0, 0.1) is 0 Å². The van der Waals surface area contributed by atoms with E-state index in [1.54, 1.807) is 7.11 Å². The number of rotatable bonds is 10. The second kappa shape index (κ2) is 10.6. The van der Waals surface area contributed by atoms with E-state index < -0.39 is 0 Å². The Morgan fingerprint density at radius 2 is 1.67 bits per heavy atom. The largest absolute Gasteiger partial charge is 0.385 e. The molecule has 1 N–H and O–H groups in total. The zero-order chi connectivity index (χ0) is 17.0. The zero-order valence-corrected chi connectivity index (χ0v) is 14.3. The predicted molar refractivity (Wildman–Crippen MR) is 98.1 cm³/mol. The van der Waals surface area contributed by atoms with Crippen molar-refractivity contribution in [2.24, 2.45) is 0 Å². The highest BCUT2D eigenvalue weighted by atomic mass is 16.5. The van der Waals surface area contributed by atoms with E-state index in [1.807, 2.05) is 65.6 Å². The van der Waals surface area contributed by atoms with Gasteiger partial charge in [-0.15, -0.1) is 0 Å². The highest BCUT2D eigenvalue weighted by Crippen LogP contribution is 2.17. The maximum absolute atomic E-state index is 12.7. The number of methoxy groups -OCH3 is 1. The van der Waals surface area contributed by atoms with Crippen molar-refractivity contribution in [2.45, 2.75) is 19.4 Å². The van der Waals surface area contributed by atoms with E-state index in [9.17, 15) is 4.79 Å². The Balaban J connectivity index is 1.94. The van der Waals surface area contributed by atoms with E-state index in [2.05, 4.69) is 5.32 Å². The van der Waals surface area contributed by atoms with Gasteiger partial charge in [0.05, 0.1) is 6.54 Å². The maximum atomic E-state index is 12.7. The molecule has 0 fully saturated rings. The molecule has 0 atom stereocenters. The Labute approximate surface area is 144 Å². The summed E-state index contributed by atoms with van der Waals surface area (Å²) in [6.07, 6.45) is 1.44. The van der Waals surface area contributed by atoms with Crippen molar-refractivity contribution in [2.75, 3.05) is 31.7 Å². The van der Waals surface area contributed by atoms with Crippen molar-refractivity contribution in [3.63, 3.8) is 0 Å². The number of para-hydroxylation sites is 1. The van der Waals surface area contributed by atoms with Crippen LogP contribution in [0.2, 0.25) is 0 Å². The lowest BCUT2D eigenvalue weighted by atomic mass is 10.2. The Morgan fingerprint density at radius 1 is 1.00 bits per heavy atom. The molecule has 0 radical (unpaired) electrons. The van der Waals surface area contributed by atoms with Gasteiger partial charge in [-0.3, -0.25) is 4.79 Å². The molecule has 0 spiro atoms. The quantitative estimate of drug-likeness (QED) is 0.682. The number of nitrogens with one attached hydrogen (secondary N) is 1. The lowest BCUT2D eigenvalue weighted by Gasteiger charge is -2.23. The van der Waals surface area contributed by atoms with Crippen LogP contribution < -0.4 is 10.2 Å². The van der Waals surface area contributed by atoms with Gasteiger partial charge in [0.15, 0.2) is 0 Å². The molecule has 2 rings (SSSR count). The molecular formula is C20H26N2O2. The van der Waals surface area contributed by atoms with Crippen LogP contribution in [-0.2, 0) is 16.1 Å². The van der Waals surface area contributed by atoms with Crippen LogP contribution >= 0.6 is 0 Å². The first kappa shape index (κ1) is 18.2. The third-order valence-corrected chi connectivity index (χ3v) is 3.77. The molecule has 0 aliphatic rings. The van der Waals surface area contributed by atoms with Gasteiger partial charge in [0.25, 0.3) is 0 Å². The molecule has 0 bridgehead atoms. The number of ether oxygens (including phenoxy) is 1. The SMILES string of the molecule is COCCCNCCC(=O)N(Cc1ccccc1)c1ccccc1. The van der Waals surface area contributed by atoms with Gasteiger partial charge in [-0.25, -0.2) is 0 Å². The number of hydrogen-bond acceptors (Lipinski definition) is 3. The smallest absolute Gasteiger partial charge is 0.228 e. The molecule has 128 valence electrons. The van der Waals surface area contributed by atoms with Gasteiger partial charge >= 0.3 is 0 Å². The normalized spacial score (nSPS) is 10.5. The number of nitrogens with zero attached hydrogens (tertiary/aromatic N) is 1. The minimum atomic E-state index is 0.129. The number of benzene rings is 2. The van der Waals surface area contributed by atoms with Gasteiger partial charge in [-0.2, -0.15) is 0 Å². The fourth-order valence-electron chi connectivity index (χ4n) is 2.49. The lowest BCUT2D eigenvalue weighted by Crippen LogP contribution is -2.33. The Bertz CT molecular complexity index is 587. The molecule has 24 heavy (non-hydrogen) atoms. The number of hydrogen-bond donors (Lipinski definition) is 1. The summed E-state index contributed by atoms with van der Waals surface area (Å²) in [5.41, 5.74) is 2.06. The van der Waals surface area contributed by atoms with Crippen LogP contribution in [0.1, 0.15) is 18.4 Å². The van der Waals surface area contributed by atoms with Gasteiger partial charge in [-0.1, -0.05) is 48.5 Å². The lowest BCUT2D eigenvalue weighted by molar-refractivity contribution is -0.118. The Kier molecular flexibility index (Phi) is 8.01. The van der Waals surface area contributed by atoms with E-state index in [-0.39, 0.29) is 5.91 Å². The molecule has 4 heteroatoms. The van der Waals surface area contributed by atoms with E-state index in [0.717, 1.165) is 30.8 Å². The van der Waals surface area contributed by atoms with Crippen molar-refractivity contribution in [1.82, 2.24) is 5.32 Å². The summed E-state index contributed by atoms with van der Waals surface area (Å²) < 4.78 is 5.02. The maximum Gasteiger partial charge on any atom is 0.228 e. The number of carbonyl (C=O) groups is 1. The molecule has 1 amide bonds. The summed E-state index contributed by atoms with van der Waals surface area (Å²) in [7, 11) is 1.70. The van der Waals surface area contributed by atoms with Gasteiger partial charge in [0.2, 0.25) is 5.91 Å². The standard InChI is InChI=1S/C20H26N2O2/c1-24-16-8-14-21-15-13-20(23)22(19-11-6-3-7-12-19)17-18-9-4-2-5-10-18/h2-7,9-12,21H,8,13-17H2,1H3. The van der Waals surface area contributed by atoms with Crippen LogP contribution in [-0.4, -0.2) is 32.7 Å². The Hall–Kier alpha value is -2.17. The van der Waals surface area contributed by atoms with Gasteiger partial charge < -0.3 is 15.0 Å². The predicted octanol–water partition coefficient (Wildman–Crippen LogP) is 3.24. The van der Waals surface area contributed by atoms with Gasteiger partial charge in [0.1, 0.15) is 0 Å². The summed E-state index contributed by atoms with van der Waals surface area (Å²) in [5.74, 6) is 0.129. The van der Waals surface area contributed by atoms with Crippen molar-refractivity contribution >= 4 is 11.6 Å². The van der Waals surface area contributed by atoms with Gasteiger partial charge in [-0.05, 0) is 30.7 Å². The second-order valence-corrected chi connectivity index (χ2v) is 5.65. The van der Waals surface area contributed by atoms with Crippen molar-refractivity contribution < 1.29 is 9.53 Å². The first-order chi connectivity index (χ1) is 11.8.